The lowest BCUT2D eigenvalue weighted by Crippen LogP contribution is -1.74. The molecule has 0 N–H and O–H groups in total. The molecule has 1 radical (unpaired) electrons. The zero-order chi connectivity index (χ0) is 5.11. The lowest BCUT2D eigenvalue weighted by Gasteiger charge is -1.77. The maximum absolute atomic E-state index is 3.51. The smallest absolute Gasteiger partial charge is 0.129 e. The molecule has 0 atom stereocenters. The average molecular weight is 158 g/mol. The van der Waals surface area contributed by atoms with Gasteiger partial charge in [0.1, 0.15) is 6.20 Å². The Balaban J connectivity index is 3.02. The molecule has 0 aliphatic rings. The fraction of sp³-hybridized carbons (Fsp3) is 0. The standard InChI is InChI=1S/C4H2BrN2/c5-4-1-2-6-7-3-4/h1-2H. The first-order chi connectivity index (χ1) is 3.39. The van der Waals surface area contributed by atoms with Gasteiger partial charge in [-0.25, -0.2) is 0 Å². The zero-order valence-corrected chi connectivity index (χ0v) is 5.01. The monoisotopic (exact) mass is 157 g/mol. The summed E-state index contributed by atoms with van der Waals surface area (Å²) < 4.78 is 0.836. The highest BCUT2D eigenvalue weighted by Crippen LogP contribution is 2.00. The van der Waals surface area contributed by atoms with Crippen molar-refractivity contribution in [3.8, 4) is 0 Å². The van der Waals surface area contributed by atoms with E-state index in [0.717, 1.165) is 4.47 Å². The van der Waals surface area contributed by atoms with E-state index in [4.69, 9.17) is 0 Å². The van der Waals surface area contributed by atoms with E-state index in [1.807, 2.05) is 0 Å². The maximum Gasteiger partial charge on any atom is 0.129 e. The van der Waals surface area contributed by atoms with E-state index in [-0.39, 0.29) is 0 Å². The van der Waals surface area contributed by atoms with Gasteiger partial charge >= 0.3 is 0 Å². The molecular weight excluding hydrogens is 156 g/mol. The van der Waals surface area contributed by atoms with Crippen LogP contribution < -0.4 is 0 Å². The number of nitrogens with zero attached hydrogens (tertiary/aromatic N) is 2. The molecular formula is C4H2BrN2. The molecule has 2 nitrogen and oxygen atoms in total. The second kappa shape index (κ2) is 2.02. The average Bonchev–Trinajstić information content (AvgIpc) is 1.69. The van der Waals surface area contributed by atoms with Crippen LogP contribution in [0.1, 0.15) is 0 Å². The fourth-order valence-corrected chi connectivity index (χ4v) is 0.444. The summed E-state index contributed by atoms with van der Waals surface area (Å²) in [4.78, 5) is 0. The van der Waals surface area contributed by atoms with Crippen molar-refractivity contribution < 1.29 is 0 Å². The molecule has 1 aromatic heterocycles. The Hall–Kier alpha value is -0.440. The summed E-state index contributed by atoms with van der Waals surface area (Å²) >= 11 is 3.15. The van der Waals surface area contributed by atoms with Crippen molar-refractivity contribution in [3.05, 3.63) is 22.9 Å². The van der Waals surface area contributed by atoms with Gasteiger partial charge < -0.3 is 0 Å². The summed E-state index contributed by atoms with van der Waals surface area (Å²) in [5, 5.41) is 6.97. The van der Waals surface area contributed by atoms with E-state index in [1.54, 1.807) is 12.3 Å². The van der Waals surface area contributed by atoms with Crippen molar-refractivity contribution in [2.45, 2.75) is 0 Å². The van der Waals surface area contributed by atoms with Crippen LogP contribution >= 0.6 is 15.9 Å². The maximum atomic E-state index is 3.51. The van der Waals surface area contributed by atoms with Gasteiger partial charge in [0.05, 0.1) is 6.20 Å². The summed E-state index contributed by atoms with van der Waals surface area (Å²) in [7, 11) is 0. The van der Waals surface area contributed by atoms with E-state index in [9.17, 15) is 0 Å². The van der Waals surface area contributed by atoms with Crippen LogP contribution in [0, 0.1) is 6.20 Å². The first-order valence-electron chi connectivity index (χ1n) is 1.74. The molecule has 1 aromatic rings. The van der Waals surface area contributed by atoms with Crippen LogP contribution in [0.5, 0.6) is 0 Å². The molecule has 35 valence electrons. The highest BCUT2D eigenvalue weighted by Gasteiger charge is 1.78. The molecule has 0 saturated carbocycles. The Morgan fingerprint density at radius 3 is 2.86 bits per heavy atom. The van der Waals surface area contributed by atoms with Gasteiger partial charge in [0.2, 0.25) is 0 Å². The molecule has 1 rings (SSSR count). The Morgan fingerprint density at radius 1 is 1.71 bits per heavy atom. The van der Waals surface area contributed by atoms with Crippen molar-refractivity contribution in [1.29, 1.82) is 0 Å². The van der Waals surface area contributed by atoms with E-state index < -0.39 is 0 Å². The summed E-state index contributed by atoms with van der Waals surface area (Å²) in [5.74, 6) is 0. The lowest BCUT2D eigenvalue weighted by atomic mass is 10.6. The molecule has 7 heavy (non-hydrogen) atoms. The predicted octanol–water partition coefficient (Wildman–Crippen LogP) is 1.04. The van der Waals surface area contributed by atoms with Crippen molar-refractivity contribution in [2.24, 2.45) is 0 Å². The van der Waals surface area contributed by atoms with Gasteiger partial charge in [-0.3, -0.25) is 0 Å². The van der Waals surface area contributed by atoms with Gasteiger partial charge in [0.15, 0.2) is 0 Å². The Labute approximate surface area is 49.7 Å². The highest BCUT2D eigenvalue weighted by molar-refractivity contribution is 9.10. The zero-order valence-electron chi connectivity index (χ0n) is 3.43. The van der Waals surface area contributed by atoms with E-state index in [2.05, 4.69) is 32.3 Å². The molecule has 0 fully saturated rings. The topological polar surface area (TPSA) is 25.8 Å². The van der Waals surface area contributed by atoms with Crippen molar-refractivity contribution in [1.82, 2.24) is 10.2 Å². The molecule has 0 aliphatic carbocycles. The van der Waals surface area contributed by atoms with Crippen LogP contribution in [0.15, 0.2) is 16.7 Å². The molecule has 0 amide bonds. The van der Waals surface area contributed by atoms with Crippen molar-refractivity contribution in [3.63, 3.8) is 0 Å². The molecule has 1 heterocycles. The summed E-state index contributed by atoms with van der Waals surface area (Å²) in [5.41, 5.74) is 0. The summed E-state index contributed by atoms with van der Waals surface area (Å²) in [6, 6.07) is 1.77. The van der Waals surface area contributed by atoms with E-state index >= 15 is 0 Å². The second-order valence-corrected chi connectivity index (χ2v) is 1.85. The van der Waals surface area contributed by atoms with Crippen LogP contribution in [-0.2, 0) is 0 Å². The summed E-state index contributed by atoms with van der Waals surface area (Å²) in [6.07, 6.45) is 4.18. The normalized spacial score (nSPS) is 8.71. The van der Waals surface area contributed by atoms with Crippen LogP contribution in [0.25, 0.3) is 0 Å². The Bertz CT molecular complexity index is 140. The van der Waals surface area contributed by atoms with Gasteiger partial charge in [0.25, 0.3) is 0 Å². The fourth-order valence-electron chi connectivity index (χ4n) is 0.246. The van der Waals surface area contributed by atoms with E-state index in [1.165, 1.54) is 0 Å². The summed E-state index contributed by atoms with van der Waals surface area (Å²) in [6.45, 7) is 0. The first-order valence-corrected chi connectivity index (χ1v) is 2.54. The third-order valence-electron chi connectivity index (χ3n) is 0.502. The second-order valence-electron chi connectivity index (χ2n) is 0.991. The van der Waals surface area contributed by atoms with Gasteiger partial charge in [0, 0.05) is 4.47 Å². The number of halogens is 1. The third kappa shape index (κ3) is 1.23. The predicted molar refractivity (Wildman–Crippen MR) is 28.6 cm³/mol. The van der Waals surface area contributed by atoms with Gasteiger partial charge in [-0.2, -0.15) is 5.10 Å². The van der Waals surface area contributed by atoms with Crippen LogP contribution in [-0.4, -0.2) is 10.2 Å². The van der Waals surface area contributed by atoms with Crippen LogP contribution in [0.4, 0.5) is 0 Å². The Kier molecular flexibility index (Phi) is 1.36. The minimum Gasteiger partial charge on any atom is -0.158 e. The molecule has 0 saturated heterocycles. The van der Waals surface area contributed by atoms with E-state index in [0.29, 0.717) is 0 Å². The minimum atomic E-state index is 0.836. The molecule has 0 aromatic carbocycles. The Morgan fingerprint density at radius 2 is 2.57 bits per heavy atom. The number of hydrogen-bond acceptors (Lipinski definition) is 2. The number of hydrogen-bond donors (Lipinski definition) is 0. The number of aromatic nitrogens is 2. The van der Waals surface area contributed by atoms with Crippen molar-refractivity contribution >= 4 is 15.9 Å². The highest BCUT2D eigenvalue weighted by atomic mass is 79.9. The molecule has 3 heteroatoms. The largest absolute Gasteiger partial charge is 0.158 e. The van der Waals surface area contributed by atoms with Crippen molar-refractivity contribution in [2.75, 3.05) is 0 Å². The third-order valence-corrected chi connectivity index (χ3v) is 0.944. The van der Waals surface area contributed by atoms with Gasteiger partial charge in [-0.05, 0) is 22.0 Å². The quantitative estimate of drug-likeness (QED) is 0.563. The molecule has 0 aliphatic heterocycles. The number of rotatable bonds is 0. The minimum absolute atomic E-state index is 0.836. The van der Waals surface area contributed by atoms with Gasteiger partial charge in [-0.15, -0.1) is 5.10 Å². The lowest BCUT2D eigenvalue weighted by molar-refractivity contribution is 1.01. The molecule has 0 bridgehead atoms. The SMILES string of the molecule is Brc1[c]nncc1. The molecule has 0 spiro atoms. The van der Waals surface area contributed by atoms with Crippen LogP contribution in [0.2, 0.25) is 0 Å². The molecule has 0 unspecified atom stereocenters. The van der Waals surface area contributed by atoms with Crippen LogP contribution in [0.3, 0.4) is 0 Å². The van der Waals surface area contributed by atoms with Gasteiger partial charge in [-0.1, -0.05) is 0 Å². The first kappa shape index (κ1) is 4.71.